The monoisotopic (exact) mass is 288 g/mol. The molecule has 4 nitrogen and oxygen atoms in total. The molecular formula is C16H25BN2O2. The Morgan fingerprint density at radius 3 is 2.38 bits per heavy atom. The van der Waals surface area contributed by atoms with Crippen molar-refractivity contribution in [3.8, 4) is 0 Å². The quantitative estimate of drug-likeness (QED) is 0.843. The van der Waals surface area contributed by atoms with Crippen molar-refractivity contribution in [1.82, 2.24) is 4.98 Å². The van der Waals surface area contributed by atoms with Gasteiger partial charge in [0.15, 0.2) is 0 Å². The molecule has 0 atom stereocenters. The third kappa shape index (κ3) is 2.47. The Morgan fingerprint density at radius 1 is 1.24 bits per heavy atom. The van der Waals surface area contributed by atoms with E-state index in [9.17, 15) is 5.11 Å². The van der Waals surface area contributed by atoms with Crippen LogP contribution in [0.15, 0.2) is 18.3 Å². The first-order valence-corrected chi connectivity index (χ1v) is 7.88. The Hall–Kier alpha value is -1.07. The van der Waals surface area contributed by atoms with Crippen molar-refractivity contribution >= 4 is 18.2 Å². The standard InChI is InChI=1S/C16H25BN2O2/c1-15(2)16(3,4)21-17(15)12-5-6-14(18-11-12)19-9-7-13(20)8-10-19/h5-6,11,13,20H,7-10H2,1-4H3. The molecular weight excluding hydrogens is 263 g/mol. The van der Waals surface area contributed by atoms with E-state index < -0.39 is 0 Å². The van der Waals surface area contributed by atoms with Crippen LogP contribution in [0, 0.1) is 0 Å². The number of hydrogen-bond donors (Lipinski definition) is 1. The van der Waals surface area contributed by atoms with E-state index in [-0.39, 0.29) is 23.9 Å². The van der Waals surface area contributed by atoms with Crippen LogP contribution in [0.5, 0.6) is 0 Å². The lowest BCUT2D eigenvalue weighted by Gasteiger charge is -2.56. The molecule has 2 saturated heterocycles. The maximum absolute atomic E-state index is 9.57. The van der Waals surface area contributed by atoms with Crippen LogP contribution in [0.2, 0.25) is 5.31 Å². The van der Waals surface area contributed by atoms with Crippen molar-refractivity contribution < 1.29 is 9.76 Å². The number of hydrogen-bond acceptors (Lipinski definition) is 4. The topological polar surface area (TPSA) is 45.6 Å². The highest BCUT2D eigenvalue weighted by atomic mass is 16.5. The predicted octanol–water partition coefficient (Wildman–Crippen LogP) is 1.83. The van der Waals surface area contributed by atoms with Crippen LogP contribution in [-0.4, -0.2) is 41.8 Å². The first kappa shape index (κ1) is 14.9. The highest BCUT2D eigenvalue weighted by Crippen LogP contribution is 2.52. The molecule has 2 aliphatic heterocycles. The summed E-state index contributed by atoms with van der Waals surface area (Å²) in [5.74, 6) is 1.00. The molecule has 114 valence electrons. The van der Waals surface area contributed by atoms with Gasteiger partial charge in [0.05, 0.1) is 6.10 Å². The second-order valence-corrected chi connectivity index (χ2v) is 7.40. The van der Waals surface area contributed by atoms with Gasteiger partial charge in [0.1, 0.15) is 5.82 Å². The van der Waals surface area contributed by atoms with Crippen molar-refractivity contribution in [3.63, 3.8) is 0 Å². The molecule has 3 rings (SSSR count). The lowest BCUT2D eigenvalue weighted by Crippen LogP contribution is -2.66. The molecule has 2 aliphatic rings. The Labute approximate surface area is 127 Å². The number of nitrogens with zero attached hydrogens (tertiary/aromatic N) is 2. The zero-order valence-electron chi connectivity index (χ0n) is 13.5. The average molecular weight is 288 g/mol. The predicted molar refractivity (Wildman–Crippen MR) is 86.3 cm³/mol. The molecule has 21 heavy (non-hydrogen) atoms. The second-order valence-electron chi connectivity index (χ2n) is 7.40. The second kappa shape index (κ2) is 4.99. The third-order valence-electron chi connectivity index (χ3n) is 5.48. The number of aromatic nitrogens is 1. The summed E-state index contributed by atoms with van der Waals surface area (Å²) in [7, 11) is 0. The molecule has 0 amide bonds. The zero-order chi connectivity index (χ0) is 15.3. The summed E-state index contributed by atoms with van der Waals surface area (Å²) in [4.78, 5) is 6.85. The Bertz CT molecular complexity index is 508. The maximum atomic E-state index is 9.57. The molecule has 0 spiro atoms. The third-order valence-corrected chi connectivity index (χ3v) is 5.48. The van der Waals surface area contributed by atoms with Gasteiger partial charge >= 0.3 is 6.92 Å². The van der Waals surface area contributed by atoms with E-state index in [1.54, 1.807) is 0 Å². The summed E-state index contributed by atoms with van der Waals surface area (Å²) >= 11 is 0. The van der Waals surface area contributed by atoms with Gasteiger partial charge < -0.3 is 14.7 Å². The molecule has 0 radical (unpaired) electrons. The van der Waals surface area contributed by atoms with Gasteiger partial charge in [0, 0.05) is 30.2 Å². The van der Waals surface area contributed by atoms with Crippen LogP contribution < -0.4 is 10.4 Å². The van der Waals surface area contributed by atoms with E-state index in [0.29, 0.717) is 0 Å². The lowest BCUT2D eigenvalue weighted by molar-refractivity contribution is -0.00942. The normalized spacial score (nSPS) is 24.8. The van der Waals surface area contributed by atoms with Gasteiger partial charge in [-0.1, -0.05) is 19.9 Å². The van der Waals surface area contributed by atoms with Gasteiger partial charge in [-0.05, 0) is 38.2 Å². The van der Waals surface area contributed by atoms with Crippen LogP contribution in [-0.2, 0) is 4.65 Å². The lowest BCUT2D eigenvalue weighted by atomic mass is 9.33. The van der Waals surface area contributed by atoms with E-state index in [0.717, 1.165) is 37.2 Å². The number of pyridine rings is 1. The van der Waals surface area contributed by atoms with Gasteiger partial charge in [-0.2, -0.15) is 0 Å². The van der Waals surface area contributed by atoms with Crippen molar-refractivity contribution in [3.05, 3.63) is 18.3 Å². The Kier molecular flexibility index (Phi) is 3.53. The fourth-order valence-corrected chi connectivity index (χ4v) is 3.17. The summed E-state index contributed by atoms with van der Waals surface area (Å²) in [5.41, 5.74) is 1.07. The first-order valence-electron chi connectivity index (χ1n) is 7.88. The number of piperidine rings is 1. The van der Waals surface area contributed by atoms with Crippen molar-refractivity contribution in [1.29, 1.82) is 0 Å². The minimum atomic E-state index is -0.146. The number of rotatable bonds is 2. The van der Waals surface area contributed by atoms with Gasteiger partial charge in [-0.15, -0.1) is 0 Å². The van der Waals surface area contributed by atoms with E-state index >= 15 is 0 Å². The smallest absolute Gasteiger partial charge is 0.337 e. The molecule has 1 N–H and O–H groups in total. The minimum Gasteiger partial charge on any atom is -0.425 e. The summed E-state index contributed by atoms with van der Waals surface area (Å²) in [5, 5.41) is 9.69. The highest BCUT2D eigenvalue weighted by Gasteiger charge is 2.59. The van der Waals surface area contributed by atoms with Crippen molar-refractivity contribution in [2.45, 2.75) is 57.6 Å². The van der Waals surface area contributed by atoms with E-state index in [1.807, 2.05) is 6.20 Å². The largest absolute Gasteiger partial charge is 0.425 e. The number of aliphatic hydroxyl groups is 1. The number of anilines is 1. The molecule has 2 fully saturated rings. The van der Waals surface area contributed by atoms with Crippen LogP contribution in [0.3, 0.4) is 0 Å². The highest BCUT2D eigenvalue weighted by molar-refractivity contribution is 6.73. The van der Waals surface area contributed by atoms with Gasteiger partial charge in [0.25, 0.3) is 0 Å². The van der Waals surface area contributed by atoms with Crippen LogP contribution >= 0.6 is 0 Å². The summed E-state index contributed by atoms with van der Waals surface area (Å²) in [6.45, 7) is 10.7. The number of aliphatic hydroxyl groups excluding tert-OH is 1. The molecule has 5 heteroatoms. The summed E-state index contributed by atoms with van der Waals surface area (Å²) in [6.07, 6.45) is 3.46. The first-order chi connectivity index (χ1) is 9.81. The van der Waals surface area contributed by atoms with Crippen LogP contribution in [0.1, 0.15) is 40.5 Å². The molecule has 1 aromatic heterocycles. The van der Waals surface area contributed by atoms with E-state index in [1.165, 1.54) is 0 Å². The zero-order valence-corrected chi connectivity index (χ0v) is 13.5. The average Bonchev–Trinajstić information content (AvgIpc) is 2.46. The van der Waals surface area contributed by atoms with Gasteiger partial charge in [-0.25, -0.2) is 4.98 Å². The molecule has 3 heterocycles. The van der Waals surface area contributed by atoms with E-state index in [4.69, 9.17) is 4.65 Å². The van der Waals surface area contributed by atoms with Crippen molar-refractivity contribution in [2.75, 3.05) is 18.0 Å². The fourth-order valence-electron chi connectivity index (χ4n) is 3.17. The maximum Gasteiger partial charge on any atom is 0.337 e. The van der Waals surface area contributed by atoms with Gasteiger partial charge in [0.2, 0.25) is 0 Å². The van der Waals surface area contributed by atoms with E-state index in [2.05, 4.69) is 49.7 Å². The van der Waals surface area contributed by atoms with Crippen LogP contribution in [0.25, 0.3) is 0 Å². The SMILES string of the molecule is CC1(C)OB(c2ccc(N3CCC(O)CC3)nc2)C1(C)C. The minimum absolute atomic E-state index is 0.0840. The Balaban J connectivity index is 1.71. The molecule has 0 saturated carbocycles. The van der Waals surface area contributed by atoms with Gasteiger partial charge in [-0.3, -0.25) is 0 Å². The molecule has 0 aromatic carbocycles. The summed E-state index contributed by atoms with van der Waals surface area (Å²) < 4.78 is 6.04. The van der Waals surface area contributed by atoms with Crippen LogP contribution in [0.4, 0.5) is 5.82 Å². The Morgan fingerprint density at radius 2 is 1.90 bits per heavy atom. The molecule has 0 unspecified atom stereocenters. The van der Waals surface area contributed by atoms with Crippen molar-refractivity contribution in [2.24, 2.45) is 0 Å². The molecule has 0 aliphatic carbocycles. The molecule has 0 bridgehead atoms. The fraction of sp³-hybridized carbons (Fsp3) is 0.688. The summed E-state index contributed by atoms with van der Waals surface area (Å²) in [6, 6.07) is 4.22. The molecule has 1 aromatic rings.